The van der Waals surface area contributed by atoms with Gasteiger partial charge in [-0.1, -0.05) is 0 Å². The summed E-state index contributed by atoms with van der Waals surface area (Å²) in [6.45, 7) is 0.852. The standard InChI is InChI=1S/C9H12N6O2S/c10-1-2-15-6-9(5-13-15)18(16,17)14-8-3-11-7-12-4-8/h3-7,14H,1-2,10H2. The molecule has 2 aromatic rings. The summed E-state index contributed by atoms with van der Waals surface area (Å²) in [4.78, 5) is 7.51. The maximum absolute atomic E-state index is 12.0. The first-order valence-electron chi connectivity index (χ1n) is 5.12. The van der Waals surface area contributed by atoms with E-state index in [1.807, 2.05) is 0 Å². The summed E-state index contributed by atoms with van der Waals surface area (Å²) in [7, 11) is -3.66. The van der Waals surface area contributed by atoms with Crippen LogP contribution in [0, 0.1) is 0 Å². The number of rotatable bonds is 5. The molecule has 2 aromatic heterocycles. The molecule has 9 heteroatoms. The van der Waals surface area contributed by atoms with Crippen LogP contribution >= 0.6 is 0 Å². The van der Waals surface area contributed by atoms with Crippen molar-refractivity contribution in [3.05, 3.63) is 31.1 Å². The first-order valence-corrected chi connectivity index (χ1v) is 6.60. The van der Waals surface area contributed by atoms with Crippen molar-refractivity contribution in [3.8, 4) is 0 Å². The molecule has 18 heavy (non-hydrogen) atoms. The van der Waals surface area contributed by atoms with Crippen molar-refractivity contribution in [2.75, 3.05) is 11.3 Å². The van der Waals surface area contributed by atoms with Gasteiger partial charge in [-0.25, -0.2) is 18.4 Å². The van der Waals surface area contributed by atoms with Gasteiger partial charge >= 0.3 is 0 Å². The van der Waals surface area contributed by atoms with Crippen LogP contribution in [0.2, 0.25) is 0 Å². The van der Waals surface area contributed by atoms with E-state index < -0.39 is 10.0 Å². The summed E-state index contributed by atoms with van der Waals surface area (Å²) in [6, 6.07) is 0. The zero-order valence-electron chi connectivity index (χ0n) is 9.39. The van der Waals surface area contributed by atoms with Crippen LogP contribution in [0.4, 0.5) is 5.69 Å². The summed E-state index contributed by atoms with van der Waals surface area (Å²) in [6.07, 6.45) is 6.74. The lowest BCUT2D eigenvalue weighted by Crippen LogP contribution is -2.13. The lowest BCUT2D eigenvalue weighted by Gasteiger charge is -2.04. The molecule has 0 radical (unpaired) electrons. The third-order valence-corrected chi connectivity index (χ3v) is 3.43. The number of nitrogens with zero attached hydrogens (tertiary/aromatic N) is 4. The lowest BCUT2D eigenvalue weighted by molar-refractivity contribution is 0.599. The van der Waals surface area contributed by atoms with E-state index in [2.05, 4.69) is 19.8 Å². The van der Waals surface area contributed by atoms with Gasteiger partial charge in [0.05, 0.1) is 30.8 Å². The van der Waals surface area contributed by atoms with E-state index in [0.29, 0.717) is 18.8 Å². The van der Waals surface area contributed by atoms with Crippen LogP contribution in [0.25, 0.3) is 0 Å². The Morgan fingerprint density at radius 2 is 2.00 bits per heavy atom. The highest BCUT2D eigenvalue weighted by Gasteiger charge is 2.16. The fourth-order valence-electron chi connectivity index (χ4n) is 1.30. The number of hydrogen-bond acceptors (Lipinski definition) is 6. The maximum Gasteiger partial charge on any atom is 0.265 e. The fraction of sp³-hybridized carbons (Fsp3) is 0.222. The second-order valence-corrected chi connectivity index (χ2v) is 5.14. The predicted octanol–water partition coefficient (Wildman–Crippen LogP) is -0.567. The molecular weight excluding hydrogens is 256 g/mol. The van der Waals surface area contributed by atoms with E-state index in [9.17, 15) is 8.42 Å². The molecule has 0 aliphatic rings. The Bertz CT molecular complexity index is 609. The normalized spacial score (nSPS) is 11.4. The van der Waals surface area contributed by atoms with Crippen molar-refractivity contribution in [1.82, 2.24) is 19.7 Å². The van der Waals surface area contributed by atoms with Gasteiger partial charge in [0.25, 0.3) is 10.0 Å². The van der Waals surface area contributed by atoms with Gasteiger partial charge in [0.1, 0.15) is 11.2 Å². The molecule has 0 unspecified atom stereocenters. The topological polar surface area (TPSA) is 116 Å². The molecule has 0 aliphatic heterocycles. The Morgan fingerprint density at radius 3 is 2.67 bits per heavy atom. The molecule has 8 nitrogen and oxygen atoms in total. The van der Waals surface area contributed by atoms with Gasteiger partial charge in [-0.05, 0) is 0 Å². The number of nitrogens with one attached hydrogen (secondary N) is 1. The molecule has 0 saturated heterocycles. The monoisotopic (exact) mass is 268 g/mol. The predicted molar refractivity (Wildman–Crippen MR) is 64.1 cm³/mol. The Hall–Kier alpha value is -2.00. The fourth-order valence-corrected chi connectivity index (χ4v) is 2.28. The smallest absolute Gasteiger partial charge is 0.265 e. The van der Waals surface area contributed by atoms with Crippen molar-refractivity contribution in [2.45, 2.75) is 11.4 Å². The van der Waals surface area contributed by atoms with Crippen LogP contribution in [-0.4, -0.2) is 34.7 Å². The molecule has 3 N–H and O–H groups in total. The van der Waals surface area contributed by atoms with Gasteiger partial charge in [0.2, 0.25) is 0 Å². The summed E-state index contributed by atoms with van der Waals surface area (Å²) in [5.41, 5.74) is 5.66. The molecule has 0 atom stereocenters. The molecule has 0 aliphatic carbocycles. The minimum Gasteiger partial charge on any atom is -0.329 e. The number of sulfonamides is 1. The third kappa shape index (κ3) is 2.81. The van der Waals surface area contributed by atoms with Gasteiger partial charge in [0, 0.05) is 12.7 Å². The minimum atomic E-state index is -3.66. The highest BCUT2D eigenvalue weighted by molar-refractivity contribution is 7.92. The largest absolute Gasteiger partial charge is 0.329 e. The molecule has 0 amide bonds. The van der Waals surface area contributed by atoms with Gasteiger partial charge in [-0.15, -0.1) is 0 Å². The van der Waals surface area contributed by atoms with Crippen LogP contribution in [-0.2, 0) is 16.6 Å². The molecule has 0 bridgehead atoms. The maximum atomic E-state index is 12.0. The van der Waals surface area contributed by atoms with Crippen molar-refractivity contribution in [2.24, 2.45) is 5.73 Å². The average Bonchev–Trinajstić information content (AvgIpc) is 2.80. The number of anilines is 1. The second-order valence-electron chi connectivity index (χ2n) is 3.46. The summed E-state index contributed by atoms with van der Waals surface area (Å²) in [5, 5.41) is 3.90. The SMILES string of the molecule is NCCn1cc(S(=O)(=O)Nc2cncnc2)cn1. The summed E-state index contributed by atoms with van der Waals surface area (Å²) >= 11 is 0. The highest BCUT2D eigenvalue weighted by atomic mass is 32.2. The van der Waals surface area contributed by atoms with Gasteiger partial charge in [0.15, 0.2) is 0 Å². The number of nitrogens with two attached hydrogens (primary N) is 1. The van der Waals surface area contributed by atoms with Crippen molar-refractivity contribution in [1.29, 1.82) is 0 Å². The summed E-state index contributed by atoms with van der Waals surface area (Å²) < 4.78 is 27.8. The molecule has 0 spiro atoms. The number of hydrogen-bond donors (Lipinski definition) is 2. The quantitative estimate of drug-likeness (QED) is 0.750. The Morgan fingerprint density at radius 1 is 1.28 bits per heavy atom. The van der Waals surface area contributed by atoms with E-state index in [1.165, 1.54) is 35.8 Å². The van der Waals surface area contributed by atoms with Crippen molar-refractivity contribution in [3.63, 3.8) is 0 Å². The van der Waals surface area contributed by atoms with Crippen molar-refractivity contribution < 1.29 is 8.42 Å². The lowest BCUT2D eigenvalue weighted by atomic mass is 10.6. The van der Waals surface area contributed by atoms with E-state index in [4.69, 9.17) is 5.73 Å². The molecule has 2 rings (SSSR count). The highest BCUT2D eigenvalue weighted by Crippen LogP contribution is 2.13. The van der Waals surface area contributed by atoms with Crippen LogP contribution in [0.15, 0.2) is 36.0 Å². The van der Waals surface area contributed by atoms with Crippen LogP contribution in [0.3, 0.4) is 0 Å². The second kappa shape index (κ2) is 5.10. The van der Waals surface area contributed by atoms with Crippen molar-refractivity contribution >= 4 is 15.7 Å². The van der Waals surface area contributed by atoms with E-state index in [0.717, 1.165) is 0 Å². The summed E-state index contributed by atoms with van der Waals surface area (Å²) in [5.74, 6) is 0. The van der Waals surface area contributed by atoms with Crippen LogP contribution < -0.4 is 10.5 Å². The molecular formula is C9H12N6O2S. The van der Waals surface area contributed by atoms with E-state index in [1.54, 1.807) is 0 Å². The van der Waals surface area contributed by atoms with Gasteiger partial charge in [-0.3, -0.25) is 9.40 Å². The zero-order valence-corrected chi connectivity index (χ0v) is 10.2. The van der Waals surface area contributed by atoms with E-state index in [-0.39, 0.29) is 4.90 Å². The van der Waals surface area contributed by atoms with Crippen LogP contribution in [0.1, 0.15) is 0 Å². The number of aromatic nitrogens is 4. The molecule has 0 saturated carbocycles. The Labute approximate surface area is 104 Å². The third-order valence-electron chi connectivity index (χ3n) is 2.09. The first-order chi connectivity index (χ1) is 8.62. The first kappa shape index (κ1) is 12.5. The molecule has 2 heterocycles. The molecule has 0 fully saturated rings. The van der Waals surface area contributed by atoms with Crippen LogP contribution in [0.5, 0.6) is 0 Å². The molecule has 96 valence electrons. The Kier molecular flexibility index (Phi) is 3.53. The van der Waals surface area contributed by atoms with Gasteiger partial charge in [-0.2, -0.15) is 5.10 Å². The van der Waals surface area contributed by atoms with E-state index >= 15 is 0 Å². The zero-order chi connectivity index (χ0) is 13.0. The average molecular weight is 268 g/mol. The Balaban J connectivity index is 2.20. The van der Waals surface area contributed by atoms with Gasteiger partial charge < -0.3 is 5.73 Å². The minimum absolute atomic E-state index is 0.0693. The molecule has 0 aromatic carbocycles.